The summed E-state index contributed by atoms with van der Waals surface area (Å²) in [6.45, 7) is 9.51. The Labute approximate surface area is 157 Å². The van der Waals surface area contributed by atoms with E-state index in [0.717, 1.165) is 25.4 Å². The summed E-state index contributed by atoms with van der Waals surface area (Å²) in [6.07, 6.45) is 3.76. The van der Waals surface area contributed by atoms with Crippen LogP contribution in [-0.4, -0.2) is 30.5 Å². The van der Waals surface area contributed by atoms with Crippen LogP contribution >= 0.6 is 24.0 Å². The van der Waals surface area contributed by atoms with E-state index in [0.29, 0.717) is 12.5 Å². The highest BCUT2D eigenvalue weighted by Gasteiger charge is 2.15. The summed E-state index contributed by atoms with van der Waals surface area (Å²) in [5.41, 5.74) is 8.40. The predicted octanol–water partition coefficient (Wildman–Crippen LogP) is 3.35. The normalized spacial score (nSPS) is 19.2. The molecule has 0 aliphatic carbocycles. The first-order valence-electron chi connectivity index (χ1n) is 8.51. The molecule has 5 heteroatoms. The number of piperidine rings is 1. The summed E-state index contributed by atoms with van der Waals surface area (Å²) in [5, 5.41) is 3.09. The molecule has 2 rings (SSSR count). The third kappa shape index (κ3) is 7.52. The average Bonchev–Trinajstić information content (AvgIpc) is 2.52. The Bertz CT molecular complexity index is 472. The van der Waals surface area contributed by atoms with Gasteiger partial charge >= 0.3 is 0 Å². The highest BCUT2D eigenvalue weighted by molar-refractivity contribution is 14.0. The van der Waals surface area contributed by atoms with Crippen LogP contribution in [0.2, 0.25) is 0 Å². The molecule has 3 N–H and O–H groups in total. The molecule has 1 unspecified atom stereocenters. The van der Waals surface area contributed by atoms with Gasteiger partial charge in [-0.1, -0.05) is 38.1 Å². The Hall–Kier alpha value is -0.820. The van der Waals surface area contributed by atoms with Gasteiger partial charge in [0.25, 0.3) is 0 Å². The Kier molecular flexibility index (Phi) is 9.55. The van der Waals surface area contributed by atoms with Crippen LogP contribution in [0.5, 0.6) is 0 Å². The number of aliphatic imine (C=N–C) groups is 1. The number of hydrogen-bond donors (Lipinski definition) is 2. The lowest BCUT2D eigenvalue weighted by atomic mass is 9.99. The van der Waals surface area contributed by atoms with Gasteiger partial charge < -0.3 is 11.1 Å². The summed E-state index contributed by atoms with van der Waals surface area (Å²) in [6, 6.07) is 8.78. The molecule has 0 aromatic heterocycles. The SMILES string of the molecule is CCCNC(N)=NCc1ccc(CN2CCCC(C)C2)cc1.I. The first-order valence-corrected chi connectivity index (χ1v) is 8.51. The molecule has 0 saturated carbocycles. The summed E-state index contributed by atoms with van der Waals surface area (Å²) in [5.74, 6) is 1.37. The summed E-state index contributed by atoms with van der Waals surface area (Å²) in [4.78, 5) is 6.92. The second-order valence-electron chi connectivity index (χ2n) is 6.43. The Morgan fingerprint density at radius 1 is 1.30 bits per heavy atom. The number of nitrogens with two attached hydrogens (primary N) is 1. The van der Waals surface area contributed by atoms with Crippen molar-refractivity contribution in [3.8, 4) is 0 Å². The number of rotatable bonds is 6. The van der Waals surface area contributed by atoms with Crippen LogP contribution in [0.15, 0.2) is 29.3 Å². The maximum atomic E-state index is 5.81. The van der Waals surface area contributed by atoms with Crippen molar-refractivity contribution in [1.29, 1.82) is 0 Å². The maximum Gasteiger partial charge on any atom is 0.188 e. The number of halogens is 1. The molecule has 1 atom stereocenters. The first-order chi connectivity index (χ1) is 10.7. The van der Waals surface area contributed by atoms with Crippen molar-refractivity contribution in [3.63, 3.8) is 0 Å². The minimum atomic E-state index is 0. The average molecular weight is 430 g/mol. The molecule has 1 aromatic carbocycles. The number of likely N-dealkylation sites (tertiary alicyclic amines) is 1. The van der Waals surface area contributed by atoms with Crippen LogP contribution in [-0.2, 0) is 13.1 Å². The van der Waals surface area contributed by atoms with Crippen molar-refractivity contribution in [3.05, 3.63) is 35.4 Å². The molecular formula is C18H31IN4. The summed E-state index contributed by atoms with van der Waals surface area (Å²) in [7, 11) is 0. The molecule has 0 spiro atoms. The monoisotopic (exact) mass is 430 g/mol. The van der Waals surface area contributed by atoms with Gasteiger partial charge in [-0.3, -0.25) is 4.90 Å². The van der Waals surface area contributed by atoms with E-state index in [1.165, 1.54) is 37.1 Å². The van der Waals surface area contributed by atoms with E-state index in [1.54, 1.807) is 0 Å². The van der Waals surface area contributed by atoms with Crippen LogP contribution in [0, 0.1) is 5.92 Å². The maximum absolute atomic E-state index is 5.81. The second kappa shape index (κ2) is 10.9. The number of nitrogens with zero attached hydrogens (tertiary/aromatic N) is 2. The summed E-state index contributed by atoms with van der Waals surface area (Å²) >= 11 is 0. The van der Waals surface area contributed by atoms with Gasteiger partial charge in [-0.15, -0.1) is 24.0 Å². The number of hydrogen-bond acceptors (Lipinski definition) is 2. The van der Waals surface area contributed by atoms with E-state index < -0.39 is 0 Å². The minimum absolute atomic E-state index is 0. The standard InChI is InChI=1S/C18H30N4.HI/c1-3-10-20-18(19)21-12-16-6-8-17(9-7-16)14-22-11-4-5-15(2)13-22;/h6-9,15H,3-5,10-14H2,1-2H3,(H3,19,20,21);1H. The molecule has 0 radical (unpaired) electrons. The zero-order chi connectivity index (χ0) is 15.8. The van der Waals surface area contributed by atoms with Crippen molar-refractivity contribution in [1.82, 2.24) is 10.2 Å². The van der Waals surface area contributed by atoms with Gasteiger partial charge in [0.15, 0.2) is 5.96 Å². The van der Waals surface area contributed by atoms with Gasteiger partial charge in [0.2, 0.25) is 0 Å². The van der Waals surface area contributed by atoms with E-state index in [-0.39, 0.29) is 24.0 Å². The van der Waals surface area contributed by atoms with Crippen molar-refractivity contribution in [2.24, 2.45) is 16.6 Å². The third-order valence-electron chi connectivity index (χ3n) is 4.16. The lowest BCUT2D eigenvalue weighted by molar-refractivity contribution is 0.176. The smallest absolute Gasteiger partial charge is 0.188 e. The van der Waals surface area contributed by atoms with Crippen molar-refractivity contribution in [2.75, 3.05) is 19.6 Å². The van der Waals surface area contributed by atoms with Crippen LogP contribution in [0.25, 0.3) is 0 Å². The van der Waals surface area contributed by atoms with Gasteiger partial charge in [0, 0.05) is 19.6 Å². The minimum Gasteiger partial charge on any atom is -0.370 e. The highest BCUT2D eigenvalue weighted by atomic mass is 127. The van der Waals surface area contributed by atoms with Gasteiger partial charge in [0.05, 0.1) is 6.54 Å². The summed E-state index contributed by atoms with van der Waals surface area (Å²) < 4.78 is 0. The molecule has 1 aliphatic heterocycles. The molecule has 1 aromatic rings. The number of benzene rings is 1. The Morgan fingerprint density at radius 3 is 2.65 bits per heavy atom. The van der Waals surface area contributed by atoms with Crippen molar-refractivity contribution in [2.45, 2.75) is 46.2 Å². The fourth-order valence-electron chi connectivity index (χ4n) is 2.92. The molecule has 23 heavy (non-hydrogen) atoms. The predicted molar refractivity (Wildman–Crippen MR) is 109 cm³/mol. The first kappa shape index (κ1) is 20.2. The molecular weight excluding hydrogens is 399 g/mol. The lowest BCUT2D eigenvalue weighted by Crippen LogP contribution is -2.33. The fraction of sp³-hybridized carbons (Fsp3) is 0.611. The van der Waals surface area contributed by atoms with Crippen LogP contribution < -0.4 is 11.1 Å². The van der Waals surface area contributed by atoms with E-state index in [4.69, 9.17) is 5.73 Å². The number of nitrogens with one attached hydrogen (secondary N) is 1. The van der Waals surface area contributed by atoms with E-state index >= 15 is 0 Å². The Morgan fingerprint density at radius 2 is 2.00 bits per heavy atom. The van der Waals surface area contributed by atoms with Gasteiger partial charge in [-0.2, -0.15) is 0 Å². The molecule has 1 saturated heterocycles. The van der Waals surface area contributed by atoms with Gasteiger partial charge in [-0.05, 0) is 42.9 Å². The molecule has 1 heterocycles. The van der Waals surface area contributed by atoms with Crippen LogP contribution in [0.3, 0.4) is 0 Å². The van der Waals surface area contributed by atoms with Gasteiger partial charge in [0.1, 0.15) is 0 Å². The van der Waals surface area contributed by atoms with Crippen LogP contribution in [0.4, 0.5) is 0 Å². The topological polar surface area (TPSA) is 53.6 Å². The molecule has 4 nitrogen and oxygen atoms in total. The van der Waals surface area contributed by atoms with Gasteiger partial charge in [-0.25, -0.2) is 4.99 Å². The molecule has 0 amide bonds. The second-order valence-corrected chi connectivity index (χ2v) is 6.43. The van der Waals surface area contributed by atoms with E-state index in [1.807, 2.05) is 0 Å². The quantitative estimate of drug-likeness (QED) is 0.414. The molecule has 0 bridgehead atoms. The molecule has 130 valence electrons. The van der Waals surface area contributed by atoms with Crippen LogP contribution in [0.1, 0.15) is 44.2 Å². The Balaban J connectivity index is 0.00000264. The van der Waals surface area contributed by atoms with Crippen molar-refractivity contribution < 1.29 is 0 Å². The zero-order valence-electron chi connectivity index (χ0n) is 14.4. The van der Waals surface area contributed by atoms with Crippen molar-refractivity contribution >= 4 is 29.9 Å². The number of guanidine groups is 1. The fourth-order valence-corrected chi connectivity index (χ4v) is 2.92. The van der Waals surface area contributed by atoms with E-state index in [9.17, 15) is 0 Å². The molecule has 1 aliphatic rings. The lowest BCUT2D eigenvalue weighted by Gasteiger charge is -2.30. The highest BCUT2D eigenvalue weighted by Crippen LogP contribution is 2.18. The third-order valence-corrected chi connectivity index (χ3v) is 4.16. The zero-order valence-corrected chi connectivity index (χ0v) is 16.8. The largest absolute Gasteiger partial charge is 0.370 e. The molecule has 1 fully saturated rings. The van der Waals surface area contributed by atoms with E-state index in [2.05, 4.69) is 53.3 Å².